The molecular weight excluding hydrogens is 230 g/mol. The van der Waals surface area contributed by atoms with Gasteiger partial charge in [0.25, 0.3) is 0 Å². The first-order valence-corrected chi connectivity index (χ1v) is 5.43. The zero-order chi connectivity index (χ0) is 12.5. The molecule has 0 bridgehead atoms. The van der Waals surface area contributed by atoms with Crippen LogP contribution in [0.4, 0.5) is 5.82 Å². The normalized spacial score (nSPS) is 10.7. The fraction of sp³-hybridized carbons (Fsp3) is 0.0833. The second-order valence-electron chi connectivity index (χ2n) is 3.92. The second kappa shape index (κ2) is 3.99. The number of hydrogen-bond acceptors (Lipinski definition) is 5. The lowest BCUT2D eigenvalue weighted by molar-refractivity contribution is 0.310. The SMILES string of the molecule is Cn1cc(-c2ccccc2)nc1-c1nonc1N. The standard InChI is InChI=1S/C12H11N5O/c1-17-7-9(8-5-3-2-4-6-8)14-12(17)10-11(13)16-18-15-10/h2-7H,1H3,(H2,13,16). The number of aryl methyl sites for hydroxylation is 1. The van der Waals surface area contributed by atoms with E-state index in [2.05, 4.69) is 19.9 Å². The van der Waals surface area contributed by atoms with E-state index in [1.165, 1.54) is 0 Å². The van der Waals surface area contributed by atoms with Gasteiger partial charge in [-0.25, -0.2) is 9.61 Å². The number of imidazole rings is 1. The van der Waals surface area contributed by atoms with Crippen LogP contribution in [0.2, 0.25) is 0 Å². The lowest BCUT2D eigenvalue weighted by atomic mass is 10.2. The number of rotatable bonds is 2. The molecule has 0 unspecified atom stereocenters. The van der Waals surface area contributed by atoms with E-state index >= 15 is 0 Å². The summed E-state index contributed by atoms with van der Waals surface area (Å²) < 4.78 is 6.44. The summed E-state index contributed by atoms with van der Waals surface area (Å²) in [7, 11) is 1.88. The highest BCUT2D eigenvalue weighted by Crippen LogP contribution is 2.25. The van der Waals surface area contributed by atoms with E-state index < -0.39 is 0 Å². The highest BCUT2D eigenvalue weighted by molar-refractivity contribution is 5.67. The van der Waals surface area contributed by atoms with Crippen LogP contribution in [0.15, 0.2) is 41.2 Å². The zero-order valence-corrected chi connectivity index (χ0v) is 9.74. The average Bonchev–Trinajstić information content (AvgIpc) is 2.96. The van der Waals surface area contributed by atoms with Gasteiger partial charge in [-0.15, -0.1) is 0 Å². The fourth-order valence-electron chi connectivity index (χ4n) is 1.78. The molecule has 90 valence electrons. The number of nitrogen functional groups attached to an aromatic ring is 1. The van der Waals surface area contributed by atoms with Gasteiger partial charge >= 0.3 is 0 Å². The molecule has 0 radical (unpaired) electrons. The number of aromatic nitrogens is 4. The lowest BCUT2D eigenvalue weighted by Gasteiger charge is -1.94. The summed E-state index contributed by atoms with van der Waals surface area (Å²) in [6.07, 6.45) is 1.92. The molecule has 0 atom stereocenters. The zero-order valence-electron chi connectivity index (χ0n) is 9.74. The van der Waals surface area contributed by atoms with E-state index in [4.69, 9.17) is 5.73 Å². The van der Waals surface area contributed by atoms with Crippen LogP contribution in [0.3, 0.4) is 0 Å². The maximum atomic E-state index is 5.67. The highest BCUT2D eigenvalue weighted by Gasteiger charge is 2.16. The number of nitrogens with zero attached hydrogens (tertiary/aromatic N) is 4. The van der Waals surface area contributed by atoms with Gasteiger partial charge in [0.1, 0.15) is 0 Å². The molecule has 0 fully saturated rings. The monoisotopic (exact) mass is 241 g/mol. The molecule has 6 heteroatoms. The predicted molar refractivity (Wildman–Crippen MR) is 66.3 cm³/mol. The predicted octanol–water partition coefficient (Wildman–Crippen LogP) is 1.72. The molecular formula is C12H11N5O. The van der Waals surface area contributed by atoms with Gasteiger partial charge in [0.2, 0.25) is 0 Å². The molecule has 0 saturated carbocycles. The maximum absolute atomic E-state index is 5.67. The van der Waals surface area contributed by atoms with Crippen molar-refractivity contribution in [2.24, 2.45) is 7.05 Å². The topological polar surface area (TPSA) is 82.8 Å². The summed E-state index contributed by atoms with van der Waals surface area (Å²) >= 11 is 0. The van der Waals surface area contributed by atoms with Crippen molar-refractivity contribution in [1.82, 2.24) is 19.9 Å². The summed E-state index contributed by atoms with van der Waals surface area (Å²) in [4.78, 5) is 4.50. The van der Waals surface area contributed by atoms with Crippen LogP contribution in [0.1, 0.15) is 0 Å². The number of nitrogens with two attached hydrogens (primary N) is 1. The van der Waals surface area contributed by atoms with E-state index in [0.717, 1.165) is 11.3 Å². The highest BCUT2D eigenvalue weighted by atomic mass is 16.6. The van der Waals surface area contributed by atoms with Gasteiger partial charge < -0.3 is 10.3 Å². The van der Waals surface area contributed by atoms with E-state index in [1.807, 2.05) is 48.1 Å². The van der Waals surface area contributed by atoms with Gasteiger partial charge in [-0.05, 0) is 10.3 Å². The van der Waals surface area contributed by atoms with Gasteiger partial charge in [-0.1, -0.05) is 30.3 Å². The summed E-state index contributed by atoms with van der Waals surface area (Å²) in [5.41, 5.74) is 8.02. The molecule has 2 N–H and O–H groups in total. The first kappa shape index (κ1) is 10.5. The molecule has 6 nitrogen and oxygen atoms in total. The van der Waals surface area contributed by atoms with Crippen LogP contribution in [-0.4, -0.2) is 19.9 Å². The molecule has 0 saturated heterocycles. The molecule has 0 aliphatic rings. The van der Waals surface area contributed by atoms with Crippen molar-refractivity contribution in [2.75, 3.05) is 5.73 Å². The summed E-state index contributed by atoms with van der Waals surface area (Å²) in [6, 6.07) is 9.89. The van der Waals surface area contributed by atoms with E-state index in [-0.39, 0.29) is 5.82 Å². The van der Waals surface area contributed by atoms with E-state index in [9.17, 15) is 0 Å². The average molecular weight is 241 g/mol. The smallest absolute Gasteiger partial charge is 0.199 e. The van der Waals surface area contributed by atoms with E-state index in [1.54, 1.807) is 0 Å². The van der Waals surface area contributed by atoms with Gasteiger partial charge in [0, 0.05) is 18.8 Å². The lowest BCUT2D eigenvalue weighted by Crippen LogP contribution is -1.95. The van der Waals surface area contributed by atoms with Crippen molar-refractivity contribution in [1.29, 1.82) is 0 Å². The molecule has 18 heavy (non-hydrogen) atoms. The Morgan fingerprint density at radius 2 is 1.94 bits per heavy atom. The third-order valence-electron chi connectivity index (χ3n) is 2.67. The Balaban J connectivity index is 2.10. The molecule has 1 aromatic carbocycles. The summed E-state index contributed by atoms with van der Waals surface area (Å²) in [6.45, 7) is 0. The molecule has 3 rings (SSSR count). The fourth-order valence-corrected chi connectivity index (χ4v) is 1.78. The summed E-state index contributed by atoms with van der Waals surface area (Å²) in [5.74, 6) is 0.871. The quantitative estimate of drug-likeness (QED) is 0.738. The Bertz CT molecular complexity index is 671. The molecule has 2 aromatic heterocycles. The van der Waals surface area contributed by atoms with Crippen LogP contribution in [-0.2, 0) is 7.05 Å². The number of hydrogen-bond donors (Lipinski definition) is 1. The third-order valence-corrected chi connectivity index (χ3v) is 2.67. The van der Waals surface area contributed by atoms with Crippen LogP contribution in [0, 0.1) is 0 Å². The van der Waals surface area contributed by atoms with Crippen molar-refractivity contribution < 1.29 is 4.63 Å². The Kier molecular flexibility index (Phi) is 2.33. The minimum atomic E-state index is 0.239. The Hall–Kier alpha value is -2.63. The van der Waals surface area contributed by atoms with Gasteiger partial charge in [0.15, 0.2) is 17.3 Å². The molecule has 2 heterocycles. The largest absolute Gasteiger partial charge is 0.379 e. The van der Waals surface area contributed by atoms with Crippen LogP contribution in [0.5, 0.6) is 0 Å². The Morgan fingerprint density at radius 1 is 1.17 bits per heavy atom. The Labute approximate surface area is 103 Å². The van der Waals surface area contributed by atoms with Crippen molar-refractivity contribution in [2.45, 2.75) is 0 Å². The minimum Gasteiger partial charge on any atom is -0.379 e. The number of anilines is 1. The van der Waals surface area contributed by atoms with Crippen LogP contribution >= 0.6 is 0 Å². The number of benzene rings is 1. The molecule has 3 aromatic rings. The first-order chi connectivity index (χ1) is 8.75. The van der Waals surface area contributed by atoms with Gasteiger partial charge in [0.05, 0.1) is 5.69 Å². The summed E-state index contributed by atoms with van der Waals surface area (Å²) in [5, 5.41) is 7.31. The first-order valence-electron chi connectivity index (χ1n) is 5.43. The van der Waals surface area contributed by atoms with Crippen molar-refractivity contribution in [3.8, 4) is 22.8 Å². The van der Waals surface area contributed by atoms with Crippen molar-refractivity contribution in [3.05, 3.63) is 36.5 Å². The van der Waals surface area contributed by atoms with Crippen molar-refractivity contribution in [3.63, 3.8) is 0 Å². The van der Waals surface area contributed by atoms with Crippen molar-refractivity contribution >= 4 is 5.82 Å². The second-order valence-corrected chi connectivity index (χ2v) is 3.92. The van der Waals surface area contributed by atoms with Crippen LogP contribution in [0.25, 0.3) is 22.8 Å². The molecule has 0 aliphatic carbocycles. The minimum absolute atomic E-state index is 0.239. The molecule has 0 amide bonds. The Morgan fingerprint density at radius 3 is 2.61 bits per heavy atom. The van der Waals surface area contributed by atoms with Gasteiger partial charge in [-0.2, -0.15) is 0 Å². The van der Waals surface area contributed by atoms with E-state index in [0.29, 0.717) is 11.5 Å². The molecule has 0 aliphatic heterocycles. The molecule has 0 spiro atoms. The van der Waals surface area contributed by atoms with Crippen LogP contribution < -0.4 is 5.73 Å². The van der Waals surface area contributed by atoms with Gasteiger partial charge in [-0.3, -0.25) is 0 Å². The maximum Gasteiger partial charge on any atom is 0.199 e. The third kappa shape index (κ3) is 1.64.